The highest BCUT2D eigenvalue weighted by atomic mass is 79.9. The van der Waals surface area contributed by atoms with Crippen LogP contribution in [0.1, 0.15) is 12.0 Å². The van der Waals surface area contributed by atoms with E-state index in [4.69, 9.17) is 0 Å². The number of benzene rings is 2. The standard InChI is InChI=1S/C17H15BrN2O3S/c18-12-5-7-13(8-6-12)24(22,23)20-10-9-17(11-20)14-3-1-2-4-15(14)19-16(17)21/h1-8H,9-11H2,(H,19,21). The summed E-state index contributed by atoms with van der Waals surface area (Å²) < 4.78 is 28.0. The van der Waals surface area contributed by atoms with Crippen LogP contribution in [0.3, 0.4) is 0 Å². The topological polar surface area (TPSA) is 66.5 Å². The normalized spacial score (nSPS) is 23.5. The molecule has 1 fully saturated rings. The van der Waals surface area contributed by atoms with Crippen molar-refractivity contribution in [3.05, 3.63) is 58.6 Å². The van der Waals surface area contributed by atoms with Crippen LogP contribution in [0.4, 0.5) is 5.69 Å². The summed E-state index contributed by atoms with van der Waals surface area (Å²) in [6.45, 7) is 0.508. The van der Waals surface area contributed by atoms with E-state index in [1.54, 1.807) is 24.3 Å². The Labute approximate surface area is 148 Å². The van der Waals surface area contributed by atoms with Crippen LogP contribution >= 0.6 is 15.9 Å². The third kappa shape index (κ3) is 2.22. The maximum absolute atomic E-state index is 12.9. The van der Waals surface area contributed by atoms with Crippen molar-refractivity contribution in [3.8, 4) is 0 Å². The molecule has 124 valence electrons. The van der Waals surface area contributed by atoms with E-state index in [0.29, 0.717) is 13.0 Å². The Bertz CT molecular complexity index is 927. The summed E-state index contributed by atoms with van der Waals surface area (Å²) in [4.78, 5) is 12.8. The first-order valence-electron chi connectivity index (χ1n) is 7.60. The van der Waals surface area contributed by atoms with Crippen LogP contribution in [0.15, 0.2) is 57.9 Å². The lowest BCUT2D eigenvalue weighted by atomic mass is 9.81. The average molecular weight is 407 g/mol. The molecule has 0 aliphatic carbocycles. The monoisotopic (exact) mass is 406 g/mol. The minimum Gasteiger partial charge on any atom is -0.325 e. The number of hydrogen-bond acceptors (Lipinski definition) is 3. The van der Waals surface area contributed by atoms with Gasteiger partial charge in [-0.3, -0.25) is 4.79 Å². The molecule has 1 spiro atoms. The summed E-state index contributed by atoms with van der Waals surface area (Å²) >= 11 is 3.31. The van der Waals surface area contributed by atoms with Crippen LogP contribution in [0.2, 0.25) is 0 Å². The number of amides is 1. The minimum atomic E-state index is -3.61. The Morgan fingerprint density at radius 2 is 1.79 bits per heavy atom. The van der Waals surface area contributed by atoms with Crippen molar-refractivity contribution >= 4 is 37.5 Å². The van der Waals surface area contributed by atoms with Gasteiger partial charge in [-0.15, -0.1) is 0 Å². The Kier molecular flexibility index (Phi) is 3.56. The molecule has 5 nitrogen and oxygen atoms in total. The molecular weight excluding hydrogens is 392 g/mol. The first kappa shape index (κ1) is 15.8. The number of halogens is 1. The van der Waals surface area contributed by atoms with Crippen LogP contribution in [0.25, 0.3) is 0 Å². The van der Waals surface area contributed by atoms with E-state index in [2.05, 4.69) is 21.2 Å². The van der Waals surface area contributed by atoms with Gasteiger partial charge in [0.15, 0.2) is 0 Å². The molecule has 4 rings (SSSR count). The first-order valence-corrected chi connectivity index (χ1v) is 9.83. The molecule has 2 heterocycles. The molecule has 1 amide bonds. The molecule has 0 aromatic heterocycles. The quantitative estimate of drug-likeness (QED) is 0.833. The number of rotatable bonds is 2. The second-order valence-corrected chi connectivity index (χ2v) is 8.98. The molecule has 2 aromatic rings. The van der Waals surface area contributed by atoms with Crippen molar-refractivity contribution in [1.29, 1.82) is 0 Å². The van der Waals surface area contributed by atoms with Crippen molar-refractivity contribution in [1.82, 2.24) is 4.31 Å². The summed E-state index contributed by atoms with van der Waals surface area (Å²) in [6.07, 6.45) is 0.492. The van der Waals surface area contributed by atoms with Gasteiger partial charge < -0.3 is 5.32 Å². The zero-order valence-corrected chi connectivity index (χ0v) is 15.1. The lowest BCUT2D eigenvalue weighted by Crippen LogP contribution is -2.39. The van der Waals surface area contributed by atoms with E-state index in [9.17, 15) is 13.2 Å². The van der Waals surface area contributed by atoms with Crippen molar-refractivity contribution in [2.75, 3.05) is 18.4 Å². The number of hydrogen-bond donors (Lipinski definition) is 1. The fourth-order valence-corrected chi connectivity index (χ4v) is 5.28. The van der Waals surface area contributed by atoms with Gasteiger partial charge in [0.05, 0.1) is 10.3 Å². The molecule has 2 aromatic carbocycles. The van der Waals surface area contributed by atoms with E-state index in [-0.39, 0.29) is 17.3 Å². The number of sulfonamides is 1. The summed E-state index contributed by atoms with van der Waals surface area (Å²) in [5, 5.41) is 2.88. The summed E-state index contributed by atoms with van der Waals surface area (Å²) in [5.74, 6) is -0.114. The summed E-state index contributed by atoms with van der Waals surface area (Å²) in [5.41, 5.74) is 0.896. The first-order chi connectivity index (χ1) is 11.4. The lowest BCUT2D eigenvalue weighted by Gasteiger charge is -2.22. The molecular formula is C17H15BrN2O3S. The summed E-state index contributed by atoms with van der Waals surface area (Å²) in [7, 11) is -3.61. The Hall–Kier alpha value is -1.70. The number of para-hydroxylation sites is 1. The Morgan fingerprint density at radius 1 is 1.08 bits per heavy atom. The summed E-state index contributed by atoms with van der Waals surface area (Å²) in [6, 6.07) is 14.1. The third-order valence-corrected chi connectivity index (χ3v) is 7.20. The molecule has 0 radical (unpaired) electrons. The van der Waals surface area contributed by atoms with E-state index < -0.39 is 15.4 Å². The largest absolute Gasteiger partial charge is 0.325 e. The molecule has 2 aliphatic heterocycles. The number of carbonyl (C=O) groups excluding carboxylic acids is 1. The zero-order valence-electron chi connectivity index (χ0n) is 12.7. The molecule has 7 heteroatoms. The van der Waals surface area contributed by atoms with E-state index in [1.807, 2.05) is 24.3 Å². The highest BCUT2D eigenvalue weighted by molar-refractivity contribution is 9.10. The van der Waals surface area contributed by atoms with Gasteiger partial charge in [0.2, 0.25) is 15.9 Å². The molecule has 2 aliphatic rings. The van der Waals surface area contributed by atoms with Gasteiger partial charge in [0, 0.05) is 23.2 Å². The minimum absolute atomic E-state index is 0.114. The van der Waals surface area contributed by atoms with Crippen molar-refractivity contribution in [2.45, 2.75) is 16.7 Å². The number of anilines is 1. The SMILES string of the molecule is O=C1Nc2ccccc2C12CCN(S(=O)(=O)c1ccc(Br)cc1)C2. The molecule has 0 saturated carbocycles. The number of carbonyl (C=O) groups is 1. The number of nitrogens with zero attached hydrogens (tertiary/aromatic N) is 1. The second-order valence-electron chi connectivity index (χ2n) is 6.12. The smallest absolute Gasteiger partial charge is 0.243 e. The van der Waals surface area contributed by atoms with Gasteiger partial charge in [-0.05, 0) is 42.3 Å². The molecule has 1 atom stereocenters. The van der Waals surface area contributed by atoms with Crippen molar-refractivity contribution in [3.63, 3.8) is 0 Å². The maximum Gasteiger partial charge on any atom is 0.243 e. The van der Waals surface area contributed by atoms with Crippen LogP contribution in [-0.4, -0.2) is 31.7 Å². The van der Waals surface area contributed by atoms with Crippen LogP contribution in [0.5, 0.6) is 0 Å². The molecule has 1 saturated heterocycles. The highest BCUT2D eigenvalue weighted by Gasteiger charge is 2.53. The zero-order chi connectivity index (χ0) is 16.9. The van der Waals surface area contributed by atoms with Gasteiger partial charge in [0.1, 0.15) is 0 Å². The molecule has 24 heavy (non-hydrogen) atoms. The van der Waals surface area contributed by atoms with E-state index in [0.717, 1.165) is 15.7 Å². The number of nitrogens with one attached hydrogen (secondary N) is 1. The van der Waals surface area contributed by atoms with E-state index >= 15 is 0 Å². The predicted octanol–water partition coefficient (Wildman–Crippen LogP) is 2.73. The van der Waals surface area contributed by atoms with E-state index in [1.165, 1.54) is 4.31 Å². The Balaban J connectivity index is 1.70. The van der Waals surface area contributed by atoms with Crippen LogP contribution in [-0.2, 0) is 20.2 Å². The molecule has 1 N–H and O–H groups in total. The predicted molar refractivity (Wildman–Crippen MR) is 94.3 cm³/mol. The van der Waals surface area contributed by atoms with Crippen LogP contribution in [0, 0.1) is 0 Å². The highest BCUT2D eigenvalue weighted by Crippen LogP contribution is 2.45. The van der Waals surface area contributed by atoms with Gasteiger partial charge in [-0.2, -0.15) is 4.31 Å². The fraction of sp³-hybridized carbons (Fsp3) is 0.235. The number of fused-ring (bicyclic) bond motifs is 2. The average Bonchev–Trinajstić information content (AvgIpc) is 3.13. The van der Waals surface area contributed by atoms with Crippen molar-refractivity contribution < 1.29 is 13.2 Å². The van der Waals surface area contributed by atoms with Crippen molar-refractivity contribution in [2.24, 2.45) is 0 Å². The second kappa shape index (κ2) is 5.40. The van der Waals surface area contributed by atoms with Gasteiger partial charge in [-0.25, -0.2) is 8.42 Å². The Morgan fingerprint density at radius 3 is 2.54 bits per heavy atom. The fourth-order valence-electron chi connectivity index (χ4n) is 3.51. The van der Waals surface area contributed by atoms with Crippen LogP contribution < -0.4 is 5.32 Å². The van der Waals surface area contributed by atoms with Gasteiger partial charge in [0.25, 0.3) is 0 Å². The molecule has 1 unspecified atom stereocenters. The third-order valence-electron chi connectivity index (χ3n) is 4.81. The molecule has 0 bridgehead atoms. The van der Waals surface area contributed by atoms with Gasteiger partial charge in [-0.1, -0.05) is 34.1 Å². The maximum atomic E-state index is 12.9. The lowest BCUT2D eigenvalue weighted by molar-refractivity contribution is -0.120. The van der Waals surface area contributed by atoms with Gasteiger partial charge >= 0.3 is 0 Å².